The quantitative estimate of drug-likeness (QED) is 0.646. The summed E-state index contributed by atoms with van der Waals surface area (Å²) in [5.74, 6) is 0. The Hall–Kier alpha value is -0.120. The van der Waals surface area contributed by atoms with Gasteiger partial charge in [0.25, 0.3) is 0 Å². The first kappa shape index (κ1) is 11.9. The van der Waals surface area contributed by atoms with Crippen molar-refractivity contribution in [3.8, 4) is 0 Å². The minimum Gasteiger partial charge on any atom is -0.389 e. The van der Waals surface area contributed by atoms with Gasteiger partial charge < -0.3 is 14.7 Å². The molecule has 3 heteroatoms. The van der Waals surface area contributed by atoms with Crippen LogP contribution in [0.2, 0.25) is 0 Å². The Morgan fingerprint density at radius 1 is 1.50 bits per heavy atom. The zero-order valence-corrected chi connectivity index (χ0v) is 8.63. The van der Waals surface area contributed by atoms with Gasteiger partial charge in [-0.3, -0.25) is 0 Å². The summed E-state index contributed by atoms with van der Waals surface area (Å²) in [6, 6.07) is 0. The number of rotatable bonds is 6. The molecule has 0 aliphatic carbocycles. The van der Waals surface area contributed by atoms with Gasteiger partial charge in [-0.15, -0.1) is 0 Å². The molecule has 0 aromatic heterocycles. The van der Waals surface area contributed by atoms with Crippen molar-refractivity contribution in [3.05, 3.63) is 0 Å². The normalized spacial score (nSPS) is 16.5. The molecule has 0 heterocycles. The zero-order chi connectivity index (χ0) is 9.61. The molecule has 3 nitrogen and oxygen atoms in total. The highest BCUT2D eigenvalue weighted by Gasteiger charge is 2.19. The van der Waals surface area contributed by atoms with Gasteiger partial charge in [-0.05, 0) is 20.4 Å². The predicted molar refractivity (Wildman–Crippen MR) is 50.3 cm³/mol. The number of nitrogens with zero attached hydrogens (tertiary/aromatic N) is 1. The molecule has 0 saturated carbocycles. The van der Waals surface area contributed by atoms with Gasteiger partial charge >= 0.3 is 0 Å². The van der Waals surface area contributed by atoms with Crippen LogP contribution in [0.5, 0.6) is 0 Å². The smallest absolute Gasteiger partial charge is 0.0743 e. The lowest BCUT2D eigenvalue weighted by Crippen LogP contribution is -2.39. The van der Waals surface area contributed by atoms with Crippen LogP contribution in [0.1, 0.15) is 20.3 Å². The van der Waals surface area contributed by atoms with E-state index in [1.54, 1.807) is 7.11 Å². The van der Waals surface area contributed by atoms with Gasteiger partial charge in [-0.2, -0.15) is 0 Å². The van der Waals surface area contributed by atoms with Crippen molar-refractivity contribution < 1.29 is 9.84 Å². The maximum atomic E-state index is 9.71. The van der Waals surface area contributed by atoms with E-state index in [1.807, 2.05) is 20.9 Å². The van der Waals surface area contributed by atoms with E-state index in [1.165, 1.54) is 0 Å². The van der Waals surface area contributed by atoms with E-state index in [0.29, 0.717) is 6.54 Å². The van der Waals surface area contributed by atoms with Gasteiger partial charge in [0.15, 0.2) is 0 Å². The highest BCUT2D eigenvalue weighted by Crippen LogP contribution is 2.09. The van der Waals surface area contributed by atoms with Crippen LogP contribution < -0.4 is 0 Å². The molecule has 1 unspecified atom stereocenters. The summed E-state index contributed by atoms with van der Waals surface area (Å²) in [4.78, 5) is 2.08. The molecule has 12 heavy (non-hydrogen) atoms. The summed E-state index contributed by atoms with van der Waals surface area (Å²) in [6.07, 6.45) is 0.782. The van der Waals surface area contributed by atoms with Crippen LogP contribution in [0.4, 0.5) is 0 Å². The van der Waals surface area contributed by atoms with Crippen molar-refractivity contribution in [1.29, 1.82) is 0 Å². The van der Waals surface area contributed by atoms with Gasteiger partial charge in [0.05, 0.1) is 12.2 Å². The fourth-order valence-electron chi connectivity index (χ4n) is 1.02. The summed E-state index contributed by atoms with van der Waals surface area (Å²) >= 11 is 0. The van der Waals surface area contributed by atoms with Crippen LogP contribution in [-0.2, 0) is 4.74 Å². The lowest BCUT2D eigenvalue weighted by atomic mass is 10.0. The molecule has 1 atom stereocenters. The van der Waals surface area contributed by atoms with Crippen LogP contribution in [0.25, 0.3) is 0 Å². The first-order valence-corrected chi connectivity index (χ1v) is 4.41. The Morgan fingerprint density at radius 3 is 2.50 bits per heavy atom. The Balaban J connectivity index is 3.60. The van der Waals surface area contributed by atoms with Crippen LogP contribution >= 0.6 is 0 Å². The third-order valence-electron chi connectivity index (χ3n) is 2.05. The molecule has 1 N–H and O–H groups in total. The number of hydrogen-bond acceptors (Lipinski definition) is 3. The minimum atomic E-state index is -0.567. The lowest BCUT2D eigenvalue weighted by molar-refractivity contribution is 0.0179. The maximum absolute atomic E-state index is 9.71. The number of aliphatic hydroxyl groups is 1. The molecule has 0 radical (unpaired) electrons. The van der Waals surface area contributed by atoms with Crippen molar-refractivity contribution in [2.75, 3.05) is 33.9 Å². The van der Waals surface area contributed by atoms with Gasteiger partial charge in [0.2, 0.25) is 0 Å². The number of ether oxygens (including phenoxy) is 1. The Bertz CT molecular complexity index is 115. The van der Waals surface area contributed by atoms with Crippen LogP contribution in [0, 0.1) is 0 Å². The highest BCUT2D eigenvalue weighted by molar-refractivity contribution is 4.73. The number of hydrogen-bond donors (Lipinski definition) is 1. The second-order valence-electron chi connectivity index (χ2n) is 3.58. The molecule has 74 valence electrons. The van der Waals surface area contributed by atoms with E-state index >= 15 is 0 Å². The third-order valence-corrected chi connectivity index (χ3v) is 2.05. The van der Waals surface area contributed by atoms with E-state index in [0.717, 1.165) is 19.6 Å². The monoisotopic (exact) mass is 175 g/mol. The fraction of sp³-hybridized carbons (Fsp3) is 1.00. The van der Waals surface area contributed by atoms with Crippen molar-refractivity contribution in [1.82, 2.24) is 4.90 Å². The van der Waals surface area contributed by atoms with Crippen LogP contribution in [-0.4, -0.2) is 49.5 Å². The standard InChI is InChI=1S/C9H21NO2/c1-5-9(2,11)8-10(3)6-7-12-4/h11H,5-8H2,1-4H3. The van der Waals surface area contributed by atoms with E-state index in [-0.39, 0.29) is 0 Å². The van der Waals surface area contributed by atoms with E-state index in [9.17, 15) is 5.11 Å². The minimum absolute atomic E-state index is 0.567. The molecule has 0 spiro atoms. The van der Waals surface area contributed by atoms with Crippen LogP contribution in [0.3, 0.4) is 0 Å². The van der Waals surface area contributed by atoms with Crippen molar-refractivity contribution >= 4 is 0 Å². The molecular formula is C9H21NO2. The van der Waals surface area contributed by atoms with E-state index < -0.39 is 5.60 Å². The Kier molecular flexibility index (Phi) is 5.46. The van der Waals surface area contributed by atoms with Gasteiger partial charge in [-0.1, -0.05) is 6.92 Å². The lowest BCUT2D eigenvalue weighted by Gasteiger charge is -2.27. The summed E-state index contributed by atoms with van der Waals surface area (Å²) in [6.45, 7) is 6.14. The van der Waals surface area contributed by atoms with Crippen molar-refractivity contribution in [3.63, 3.8) is 0 Å². The molecule has 0 fully saturated rings. The first-order chi connectivity index (χ1) is 5.52. The van der Waals surface area contributed by atoms with Crippen LogP contribution in [0.15, 0.2) is 0 Å². The third kappa shape index (κ3) is 5.52. The molecule has 0 amide bonds. The van der Waals surface area contributed by atoms with E-state index in [2.05, 4.69) is 4.90 Å². The number of likely N-dealkylation sites (N-methyl/N-ethyl adjacent to an activating group) is 1. The first-order valence-electron chi connectivity index (χ1n) is 4.41. The average molecular weight is 175 g/mol. The molecule has 0 aliphatic rings. The second kappa shape index (κ2) is 5.51. The molecular weight excluding hydrogens is 154 g/mol. The summed E-state index contributed by atoms with van der Waals surface area (Å²) in [5, 5.41) is 9.71. The summed E-state index contributed by atoms with van der Waals surface area (Å²) < 4.78 is 4.94. The van der Waals surface area contributed by atoms with Gasteiger partial charge in [0.1, 0.15) is 0 Å². The average Bonchev–Trinajstić information content (AvgIpc) is 2.00. The Labute approximate surface area is 75.3 Å². The van der Waals surface area contributed by atoms with Gasteiger partial charge in [0, 0.05) is 20.2 Å². The predicted octanol–water partition coefficient (Wildman–Crippen LogP) is 0.726. The molecule has 0 saturated heterocycles. The van der Waals surface area contributed by atoms with E-state index in [4.69, 9.17) is 4.74 Å². The number of methoxy groups -OCH3 is 1. The van der Waals surface area contributed by atoms with Crippen molar-refractivity contribution in [2.24, 2.45) is 0 Å². The van der Waals surface area contributed by atoms with Crippen molar-refractivity contribution in [2.45, 2.75) is 25.9 Å². The highest BCUT2D eigenvalue weighted by atomic mass is 16.5. The fourth-order valence-corrected chi connectivity index (χ4v) is 1.02. The largest absolute Gasteiger partial charge is 0.389 e. The molecule has 0 bridgehead atoms. The molecule has 0 aliphatic heterocycles. The molecule has 0 rings (SSSR count). The second-order valence-corrected chi connectivity index (χ2v) is 3.58. The zero-order valence-electron chi connectivity index (χ0n) is 8.63. The summed E-state index contributed by atoms with van der Waals surface area (Å²) in [5.41, 5.74) is -0.567. The maximum Gasteiger partial charge on any atom is 0.0743 e. The SMILES string of the molecule is CCC(C)(O)CN(C)CCOC. The van der Waals surface area contributed by atoms with Gasteiger partial charge in [-0.25, -0.2) is 0 Å². The topological polar surface area (TPSA) is 32.7 Å². The Morgan fingerprint density at radius 2 is 2.08 bits per heavy atom. The molecule has 0 aromatic rings. The molecule has 0 aromatic carbocycles. The summed E-state index contributed by atoms with van der Waals surface area (Å²) in [7, 11) is 3.68.